The third-order valence-corrected chi connectivity index (χ3v) is 5.42. The van der Waals surface area contributed by atoms with Crippen LogP contribution in [0.2, 0.25) is 0 Å². The first-order chi connectivity index (χ1) is 8.20. The Hall–Kier alpha value is -0.650. The molecule has 2 aliphatic heterocycles. The molecule has 0 radical (unpaired) electrons. The molecule has 2 unspecified atom stereocenters. The Labute approximate surface area is 104 Å². The number of nitrogens with one attached hydrogen (secondary N) is 1. The molecule has 0 saturated carbocycles. The number of ether oxygens (including phenoxy) is 2. The average Bonchev–Trinajstić information content (AvgIpc) is 2.95. The van der Waals surface area contributed by atoms with Gasteiger partial charge < -0.3 is 18.5 Å². The van der Waals surface area contributed by atoms with Crippen molar-refractivity contribution in [3.05, 3.63) is 23.8 Å². The number of fused-ring (bicyclic) bond motifs is 1. The molecule has 7 heteroatoms. The van der Waals surface area contributed by atoms with Gasteiger partial charge in [-0.3, -0.25) is 0 Å². The minimum absolute atomic E-state index is 0.0877. The van der Waals surface area contributed by atoms with Crippen molar-refractivity contribution >= 4 is 18.4 Å². The summed E-state index contributed by atoms with van der Waals surface area (Å²) in [5.41, 5.74) is 1.02. The van der Waals surface area contributed by atoms with Crippen LogP contribution in [0.25, 0.3) is 0 Å². The van der Waals surface area contributed by atoms with Gasteiger partial charge in [-0.2, -0.15) is 0 Å². The molecule has 1 fully saturated rings. The van der Waals surface area contributed by atoms with Crippen LogP contribution in [-0.4, -0.2) is 20.4 Å². The second-order valence-electron chi connectivity index (χ2n) is 3.75. The first-order valence-corrected chi connectivity index (χ1v) is 7.83. The summed E-state index contributed by atoms with van der Waals surface area (Å²) >= 11 is 5.24. The number of hydrogen-bond acceptors (Lipinski definition) is 5. The standard InChI is InChI=1S/C10H12NO4PS/c1-12-16(17)11-5-10(15-16)7-2-3-8-9(4-7)14-6-13-8/h2-4,10H,5-6H2,1H3,(H,11,17). The first-order valence-electron chi connectivity index (χ1n) is 5.19. The van der Waals surface area contributed by atoms with Crippen LogP contribution in [0.15, 0.2) is 18.2 Å². The van der Waals surface area contributed by atoms with Gasteiger partial charge in [0, 0.05) is 13.7 Å². The Bertz CT molecular complexity index is 495. The van der Waals surface area contributed by atoms with E-state index in [0.29, 0.717) is 6.54 Å². The number of rotatable bonds is 2. The van der Waals surface area contributed by atoms with E-state index in [-0.39, 0.29) is 12.9 Å². The quantitative estimate of drug-likeness (QED) is 0.831. The van der Waals surface area contributed by atoms with Gasteiger partial charge in [0.2, 0.25) is 6.79 Å². The second-order valence-corrected chi connectivity index (χ2v) is 7.08. The van der Waals surface area contributed by atoms with E-state index in [1.54, 1.807) is 7.11 Å². The van der Waals surface area contributed by atoms with Crippen LogP contribution in [-0.2, 0) is 20.9 Å². The molecule has 3 rings (SSSR count). The van der Waals surface area contributed by atoms with Crippen LogP contribution in [0, 0.1) is 0 Å². The summed E-state index contributed by atoms with van der Waals surface area (Å²) in [6.45, 7) is -1.35. The summed E-state index contributed by atoms with van der Waals surface area (Å²) in [5.74, 6) is 1.52. The molecule has 5 nitrogen and oxygen atoms in total. The van der Waals surface area contributed by atoms with Crippen molar-refractivity contribution in [3.63, 3.8) is 0 Å². The molecule has 0 aliphatic carbocycles. The Morgan fingerprint density at radius 1 is 1.41 bits per heavy atom. The molecule has 2 aliphatic rings. The lowest BCUT2D eigenvalue weighted by Gasteiger charge is -2.14. The summed E-state index contributed by atoms with van der Waals surface area (Å²) < 4.78 is 21.5. The van der Waals surface area contributed by atoms with Gasteiger partial charge >= 0.3 is 0 Å². The van der Waals surface area contributed by atoms with Gasteiger partial charge in [-0.1, -0.05) is 6.07 Å². The van der Waals surface area contributed by atoms with E-state index in [1.807, 2.05) is 18.2 Å². The Kier molecular flexibility index (Phi) is 2.84. The molecule has 2 heterocycles. The summed E-state index contributed by atoms with van der Waals surface area (Å²) in [6, 6.07) is 5.77. The van der Waals surface area contributed by atoms with Crippen molar-refractivity contribution in [1.82, 2.24) is 5.09 Å². The van der Waals surface area contributed by atoms with Crippen molar-refractivity contribution in [2.75, 3.05) is 20.4 Å². The van der Waals surface area contributed by atoms with Crippen molar-refractivity contribution in [2.45, 2.75) is 6.10 Å². The largest absolute Gasteiger partial charge is 0.454 e. The highest BCUT2D eigenvalue weighted by molar-refractivity contribution is 8.09. The van der Waals surface area contributed by atoms with E-state index in [9.17, 15) is 0 Å². The van der Waals surface area contributed by atoms with E-state index in [0.717, 1.165) is 17.1 Å². The van der Waals surface area contributed by atoms with Crippen molar-refractivity contribution in [2.24, 2.45) is 0 Å². The highest BCUT2D eigenvalue weighted by Gasteiger charge is 2.32. The lowest BCUT2D eigenvalue weighted by molar-refractivity contribution is 0.173. The molecular weight excluding hydrogens is 261 g/mol. The molecule has 0 bridgehead atoms. The third kappa shape index (κ3) is 2.07. The van der Waals surface area contributed by atoms with Crippen LogP contribution in [0.5, 0.6) is 11.5 Å². The van der Waals surface area contributed by atoms with Gasteiger partial charge in [-0.05, 0) is 29.5 Å². The van der Waals surface area contributed by atoms with Crippen LogP contribution in [0.1, 0.15) is 11.7 Å². The third-order valence-electron chi connectivity index (χ3n) is 2.75. The van der Waals surface area contributed by atoms with Crippen LogP contribution in [0.3, 0.4) is 0 Å². The zero-order valence-corrected chi connectivity index (χ0v) is 10.9. The van der Waals surface area contributed by atoms with E-state index in [2.05, 4.69) is 5.09 Å². The SMILES string of the molecule is COP1(=S)NCC(c2ccc3c(c2)OCO3)O1. The average molecular weight is 273 g/mol. The zero-order valence-electron chi connectivity index (χ0n) is 9.21. The summed E-state index contributed by atoms with van der Waals surface area (Å²) in [6.07, 6.45) is -0.0877. The van der Waals surface area contributed by atoms with Crippen LogP contribution < -0.4 is 14.6 Å². The minimum atomic E-state index is -2.28. The molecule has 2 atom stereocenters. The van der Waals surface area contributed by atoms with E-state index in [4.69, 9.17) is 30.3 Å². The summed E-state index contributed by atoms with van der Waals surface area (Å²) in [5, 5.41) is 3.11. The number of hydrogen-bond donors (Lipinski definition) is 1. The predicted molar refractivity (Wildman–Crippen MR) is 65.7 cm³/mol. The monoisotopic (exact) mass is 273 g/mol. The fraction of sp³-hybridized carbons (Fsp3) is 0.400. The first kappa shape index (κ1) is 11.4. The van der Waals surface area contributed by atoms with Crippen molar-refractivity contribution < 1.29 is 18.5 Å². The molecule has 1 aromatic carbocycles. The lowest BCUT2D eigenvalue weighted by Crippen LogP contribution is -2.06. The second kappa shape index (κ2) is 4.23. The molecule has 17 heavy (non-hydrogen) atoms. The molecule has 0 spiro atoms. The molecule has 1 saturated heterocycles. The van der Waals surface area contributed by atoms with E-state index in [1.165, 1.54) is 0 Å². The maximum absolute atomic E-state index is 5.74. The maximum Gasteiger partial charge on any atom is 0.261 e. The maximum atomic E-state index is 5.74. The van der Waals surface area contributed by atoms with Crippen molar-refractivity contribution in [3.8, 4) is 11.5 Å². The Morgan fingerprint density at radius 2 is 2.24 bits per heavy atom. The highest BCUT2D eigenvalue weighted by atomic mass is 32.5. The zero-order chi connectivity index (χ0) is 11.9. The van der Waals surface area contributed by atoms with Crippen LogP contribution >= 0.6 is 6.64 Å². The Balaban J connectivity index is 1.84. The fourth-order valence-electron chi connectivity index (χ4n) is 1.84. The summed E-state index contributed by atoms with van der Waals surface area (Å²) in [4.78, 5) is 0. The van der Waals surface area contributed by atoms with Gasteiger partial charge in [-0.25, -0.2) is 5.09 Å². The van der Waals surface area contributed by atoms with Gasteiger partial charge in [-0.15, -0.1) is 0 Å². The molecular formula is C10H12NO4PS. The smallest absolute Gasteiger partial charge is 0.261 e. The van der Waals surface area contributed by atoms with Gasteiger partial charge in [0.05, 0.1) is 0 Å². The minimum Gasteiger partial charge on any atom is -0.454 e. The predicted octanol–water partition coefficient (Wildman–Crippen LogP) is 1.95. The highest BCUT2D eigenvalue weighted by Crippen LogP contribution is 2.53. The van der Waals surface area contributed by atoms with E-state index >= 15 is 0 Å². The lowest BCUT2D eigenvalue weighted by atomic mass is 10.1. The summed E-state index contributed by atoms with van der Waals surface area (Å²) in [7, 11) is 1.57. The van der Waals surface area contributed by atoms with Gasteiger partial charge in [0.1, 0.15) is 6.10 Å². The number of benzene rings is 1. The fourth-order valence-corrected chi connectivity index (χ4v) is 3.58. The molecule has 1 N–H and O–H groups in total. The molecule has 92 valence electrons. The molecule has 0 aromatic heterocycles. The topological polar surface area (TPSA) is 49.0 Å². The van der Waals surface area contributed by atoms with Crippen molar-refractivity contribution in [1.29, 1.82) is 0 Å². The van der Waals surface area contributed by atoms with Gasteiger partial charge in [0.15, 0.2) is 11.5 Å². The molecule has 1 aromatic rings. The van der Waals surface area contributed by atoms with Gasteiger partial charge in [0.25, 0.3) is 6.64 Å². The van der Waals surface area contributed by atoms with E-state index < -0.39 is 6.64 Å². The van der Waals surface area contributed by atoms with Crippen LogP contribution in [0.4, 0.5) is 0 Å². The normalized spacial score (nSPS) is 30.8. The Morgan fingerprint density at radius 3 is 3.00 bits per heavy atom. The molecule has 0 amide bonds.